The fraction of sp³-hybridized carbons (Fsp3) is 0.368. The highest BCUT2D eigenvalue weighted by Crippen LogP contribution is 2.23. The quantitative estimate of drug-likeness (QED) is 0.754. The van der Waals surface area contributed by atoms with Crippen molar-refractivity contribution >= 4 is 23.2 Å². The van der Waals surface area contributed by atoms with E-state index in [0.717, 1.165) is 24.2 Å². The number of morpholine rings is 1. The van der Waals surface area contributed by atoms with Crippen LogP contribution in [-0.2, 0) is 20.9 Å². The molecule has 2 aromatic rings. The van der Waals surface area contributed by atoms with Gasteiger partial charge in [0.05, 0.1) is 19.3 Å². The number of hydrogen-bond donors (Lipinski definition) is 2. The maximum atomic E-state index is 12.2. The molecular weight excluding hydrogens is 350 g/mol. The third-order valence-corrected chi connectivity index (χ3v) is 5.07. The van der Waals surface area contributed by atoms with E-state index in [1.807, 2.05) is 35.7 Å². The van der Waals surface area contributed by atoms with Crippen LogP contribution in [0.3, 0.4) is 0 Å². The van der Waals surface area contributed by atoms with Gasteiger partial charge in [-0.3, -0.25) is 14.5 Å². The van der Waals surface area contributed by atoms with Crippen LogP contribution < -0.4 is 10.6 Å². The largest absolute Gasteiger partial charge is 0.379 e. The van der Waals surface area contributed by atoms with Gasteiger partial charge in [0.15, 0.2) is 0 Å². The lowest BCUT2D eigenvalue weighted by Gasteiger charge is -2.34. The number of carbonyl (C=O) groups excluding carboxylic acids is 2. The first kappa shape index (κ1) is 18.6. The molecule has 1 saturated heterocycles. The summed E-state index contributed by atoms with van der Waals surface area (Å²) in [5.41, 5.74) is 2.11. The lowest BCUT2D eigenvalue weighted by Crippen LogP contribution is -2.46. The summed E-state index contributed by atoms with van der Waals surface area (Å²) in [6.45, 7) is 3.74. The van der Waals surface area contributed by atoms with Gasteiger partial charge in [-0.1, -0.05) is 30.3 Å². The number of benzene rings is 1. The number of rotatable bonds is 6. The molecule has 0 unspecified atom stereocenters. The number of thiophene rings is 1. The van der Waals surface area contributed by atoms with Crippen molar-refractivity contribution in [1.82, 2.24) is 15.5 Å². The average molecular weight is 373 g/mol. The van der Waals surface area contributed by atoms with Gasteiger partial charge in [0.1, 0.15) is 0 Å². The molecular formula is C19H23N3O3S. The average Bonchev–Trinajstić information content (AvgIpc) is 3.22. The molecule has 138 valence electrons. The van der Waals surface area contributed by atoms with Crippen molar-refractivity contribution in [3.05, 3.63) is 58.3 Å². The molecule has 0 radical (unpaired) electrons. The van der Waals surface area contributed by atoms with Crippen LogP contribution >= 0.6 is 11.3 Å². The number of nitrogens with zero attached hydrogens (tertiary/aromatic N) is 1. The Morgan fingerprint density at radius 2 is 1.81 bits per heavy atom. The molecule has 2 N–H and O–H groups in total. The first-order valence-electron chi connectivity index (χ1n) is 8.68. The molecule has 1 atom stereocenters. The zero-order valence-corrected chi connectivity index (χ0v) is 15.3. The SMILES string of the molecule is O=C(NCc1ccccc1)C(=O)NC[C@@H](c1ccsc1)N1CCOCC1. The maximum absolute atomic E-state index is 12.2. The maximum Gasteiger partial charge on any atom is 0.309 e. The molecule has 1 aliphatic heterocycles. The predicted molar refractivity (Wildman–Crippen MR) is 101 cm³/mol. The number of hydrogen-bond acceptors (Lipinski definition) is 5. The van der Waals surface area contributed by atoms with Crippen molar-refractivity contribution in [2.75, 3.05) is 32.8 Å². The monoisotopic (exact) mass is 373 g/mol. The molecule has 0 spiro atoms. The molecule has 1 aromatic carbocycles. The van der Waals surface area contributed by atoms with Gasteiger partial charge in [-0.15, -0.1) is 0 Å². The summed E-state index contributed by atoms with van der Waals surface area (Å²) >= 11 is 1.63. The smallest absolute Gasteiger partial charge is 0.309 e. The van der Waals surface area contributed by atoms with Gasteiger partial charge in [-0.25, -0.2) is 0 Å². The van der Waals surface area contributed by atoms with Gasteiger partial charge >= 0.3 is 11.8 Å². The van der Waals surface area contributed by atoms with Crippen LogP contribution in [0.5, 0.6) is 0 Å². The minimum absolute atomic E-state index is 0.0519. The summed E-state index contributed by atoms with van der Waals surface area (Å²) in [6.07, 6.45) is 0. The van der Waals surface area contributed by atoms with Gasteiger partial charge in [0, 0.05) is 26.2 Å². The topological polar surface area (TPSA) is 70.7 Å². The first-order chi connectivity index (χ1) is 12.7. The standard InChI is InChI=1S/C19H23N3O3S/c23-18(20-12-15-4-2-1-3-5-15)19(24)21-13-17(16-6-11-26-14-16)22-7-9-25-10-8-22/h1-6,11,14,17H,7-10,12-13H2,(H,20,23)(H,21,24)/t17-/m0/s1. The molecule has 0 saturated carbocycles. The lowest BCUT2D eigenvalue weighted by atomic mass is 10.1. The van der Waals surface area contributed by atoms with Crippen LogP contribution in [0.2, 0.25) is 0 Å². The van der Waals surface area contributed by atoms with Gasteiger partial charge in [0.2, 0.25) is 0 Å². The zero-order valence-electron chi connectivity index (χ0n) is 14.5. The number of ether oxygens (including phenoxy) is 1. The summed E-state index contributed by atoms with van der Waals surface area (Å²) in [7, 11) is 0. The van der Waals surface area contributed by atoms with E-state index in [2.05, 4.69) is 27.0 Å². The van der Waals surface area contributed by atoms with Gasteiger partial charge in [-0.05, 0) is 28.0 Å². The molecule has 2 amide bonds. The molecule has 0 bridgehead atoms. The van der Waals surface area contributed by atoms with Crippen molar-refractivity contribution in [3.8, 4) is 0 Å². The van der Waals surface area contributed by atoms with E-state index in [1.54, 1.807) is 11.3 Å². The van der Waals surface area contributed by atoms with Crippen LogP contribution in [0.1, 0.15) is 17.2 Å². The Balaban J connectivity index is 1.52. The molecule has 7 heteroatoms. The van der Waals surface area contributed by atoms with E-state index in [-0.39, 0.29) is 6.04 Å². The van der Waals surface area contributed by atoms with Crippen LogP contribution in [0, 0.1) is 0 Å². The fourth-order valence-electron chi connectivity index (χ4n) is 2.94. The number of carbonyl (C=O) groups is 2. The molecule has 6 nitrogen and oxygen atoms in total. The predicted octanol–water partition coefficient (Wildman–Crippen LogP) is 1.55. The van der Waals surface area contributed by atoms with E-state index < -0.39 is 11.8 Å². The van der Waals surface area contributed by atoms with Crippen LogP contribution in [0.25, 0.3) is 0 Å². The minimum Gasteiger partial charge on any atom is -0.379 e. The normalized spacial score (nSPS) is 16.0. The Labute approximate surface area is 157 Å². The third-order valence-electron chi connectivity index (χ3n) is 4.37. The second-order valence-corrected chi connectivity index (χ2v) is 6.88. The Morgan fingerprint density at radius 3 is 2.50 bits per heavy atom. The highest BCUT2D eigenvalue weighted by molar-refractivity contribution is 7.07. The van der Waals surface area contributed by atoms with Crippen molar-refractivity contribution in [2.24, 2.45) is 0 Å². The molecule has 3 rings (SSSR count). The highest BCUT2D eigenvalue weighted by Gasteiger charge is 2.24. The zero-order chi connectivity index (χ0) is 18.2. The summed E-state index contributed by atoms with van der Waals surface area (Å²) in [4.78, 5) is 26.5. The van der Waals surface area contributed by atoms with Crippen LogP contribution in [0.4, 0.5) is 0 Å². The van der Waals surface area contributed by atoms with E-state index in [4.69, 9.17) is 4.74 Å². The van der Waals surface area contributed by atoms with E-state index in [1.165, 1.54) is 0 Å². The van der Waals surface area contributed by atoms with Crippen LogP contribution in [-0.4, -0.2) is 49.6 Å². The summed E-state index contributed by atoms with van der Waals surface area (Å²) < 4.78 is 5.41. The highest BCUT2D eigenvalue weighted by atomic mass is 32.1. The summed E-state index contributed by atoms with van der Waals surface area (Å²) in [6, 6.07) is 11.6. The van der Waals surface area contributed by atoms with Crippen molar-refractivity contribution in [2.45, 2.75) is 12.6 Å². The fourth-order valence-corrected chi connectivity index (χ4v) is 3.65. The molecule has 1 aliphatic rings. The van der Waals surface area contributed by atoms with Crippen molar-refractivity contribution in [1.29, 1.82) is 0 Å². The third kappa shape index (κ3) is 5.14. The first-order valence-corrected chi connectivity index (χ1v) is 9.62. The molecule has 2 heterocycles. The second kappa shape index (κ2) is 9.47. The van der Waals surface area contributed by atoms with Crippen LogP contribution in [0.15, 0.2) is 47.2 Å². The van der Waals surface area contributed by atoms with E-state index in [9.17, 15) is 9.59 Å². The van der Waals surface area contributed by atoms with Crippen molar-refractivity contribution < 1.29 is 14.3 Å². The van der Waals surface area contributed by atoms with E-state index >= 15 is 0 Å². The Morgan fingerprint density at radius 1 is 1.08 bits per heavy atom. The number of nitrogens with one attached hydrogen (secondary N) is 2. The van der Waals surface area contributed by atoms with Gasteiger partial charge < -0.3 is 15.4 Å². The number of amides is 2. The Bertz CT molecular complexity index is 700. The molecule has 0 aliphatic carbocycles. The Hall–Kier alpha value is -2.22. The second-order valence-electron chi connectivity index (χ2n) is 6.10. The van der Waals surface area contributed by atoms with Gasteiger partial charge in [-0.2, -0.15) is 11.3 Å². The van der Waals surface area contributed by atoms with E-state index in [0.29, 0.717) is 26.3 Å². The summed E-state index contributed by atoms with van der Waals surface area (Å²) in [5.74, 6) is -1.21. The molecule has 1 fully saturated rings. The van der Waals surface area contributed by atoms with Crippen molar-refractivity contribution in [3.63, 3.8) is 0 Å². The molecule has 26 heavy (non-hydrogen) atoms. The van der Waals surface area contributed by atoms with Gasteiger partial charge in [0.25, 0.3) is 0 Å². The summed E-state index contributed by atoms with van der Waals surface area (Å²) in [5, 5.41) is 9.54. The lowest BCUT2D eigenvalue weighted by molar-refractivity contribution is -0.139. The molecule has 1 aromatic heterocycles. The minimum atomic E-state index is -0.611. The Kier molecular flexibility index (Phi) is 6.76.